The number of non-ortho nitro benzene ring substituents is 1. The van der Waals surface area contributed by atoms with E-state index in [9.17, 15) is 10.1 Å². The average Bonchev–Trinajstić information content (AvgIpc) is 2.66. The number of hydrogen-bond donors (Lipinski definition) is 1. The maximum Gasteiger partial charge on any atom is 0.279 e. The summed E-state index contributed by atoms with van der Waals surface area (Å²) >= 11 is 0. The molecule has 0 amide bonds. The minimum atomic E-state index is -0.335. The molecule has 0 aliphatic carbocycles. The van der Waals surface area contributed by atoms with Crippen LogP contribution in [0.3, 0.4) is 0 Å². The molecule has 0 aliphatic rings. The van der Waals surface area contributed by atoms with Crippen LogP contribution in [-0.2, 0) is 0 Å². The Morgan fingerprint density at radius 1 is 1.18 bits per heavy atom. The molecule has 0 saturated carbocycles. The molecule has 0 saturated heterocycles. The Bertz CT molecular complexity index is 744. The van der Waals surface area contributed by atoms with E-state index in [1.54, 1.807) is 6.07 Å². The lowest BCUT2D eigenvalue weighted by Gasteiger charge is -1.95. The summed E-state index contributed by atoms with van der Waals surface area (Å²) in [5, 5.41) is 12.6. The van der Waals surface area contributed by atoms with Gasteiger partial charge in [-0.25, -0.2) is 0 Å². The van der Waals surface area contributed by atoms with Crippen molar-refractivity contribution in [1.29, 1.82) is 0 Å². The van der Waals surface area contributed by atoms with Crippen LogP contribution in [0.2, 0.25) is 0 Å². The summed E-state index contributed by atoms with van der Waals surface area (Å²) in [7, 11) is 0. The fourth-order valence-electron chi connectivity index (χ4n) is 2.20. The van der Waals surface area contributed by atoms with Crippen LogP contribution in [0.1, 0.15) is 5.56 Å². The summed E-state index contributed by atoms with van der Waals surface area (Å²) in [4.78, 5) is 13.9. The molecule has 0 aliphatic heterocycles. The van der Waals surface area contributed by atoms with Crippen LogP contribution in [0.4, 0.5) is 5.69 Å². The molecule has 17 heavy (non-hydrogen) atoms. The molecular weight excluding hydrogens is 216 g/mol. The van der Waals surface area contributed by atoms with Crippen LogP contribution < -0.4 is 0 Å². The Morgan fingerprint density at radius 2 is 2.00 bits per heavy atom. The molecule has 0 fully saturated rings. The van der Waals surface area contributed by atoms with E-state index in [1.165, 1.54) is 6.07 Å². The van der Waals surface area contributed by atoms with E-state index in [1.807, 2.05) is 31.2 Å². The summed E-state index contributed by atoms with van der Waals surface area (Å²) < 4.78 is 0. The van der Waals surface area contributed by atoms with Gasteiger partial charge >= 0.3 is 0 Å². The molecule has 84 valence electrons. The number of hydrogen-bond acceptors (Lipinski definition) is 2. The highest BCUT2D eigenvalue weighted by molar-refractivity contribution is 6.11. The number of fused-ring (bicyclic) bond motifs is 3. The molecule has 3 rings (SSSR count). The van der Waals surface area contributed by atoms with Gasteiger partial charge < -0.3 is 4.98 Å². The summed E-state index contributed by atoms with van der Waals surface area (Å²) in [5.41, 5.74) is 2.98. The van der Waals surface area contributed by atoms with Crippen molar-refractivity contribution in [2.75, 3.05) is 0 Å². The third-order valence-electron chi connectivity index (χ3n) is 2.95. The number of aromatic amines is 1. The number of nitrogens with one attached hydrogen (secondary N) is 1. The van der Waals surface area contributed by atoms with Gasteiger partial charge in [-0.05, 0) is 25.1 Å². The smallest absolute Gasteiger partial charge is 0.279 e. The number of rotatable bonds is 1. The number of aryl methyl sites for hydroxylation is 1. The van der Waals surface area contributed by atoms with Crippen molar-refractivity contribution in [3.8, 4) is 0 Å². The second-order valence-electron chi connectivity index (χ2n) is 4.13. The zero-order valence-electron chi connectivity index (χ0n) is 9.23. The molecule has 0 unspecified atom stereocenters. The monoisotopic (exact) mass is 226 g/mol. The van der Waals surface area contributed by atoms with Crippen LogP contribution in [0.15, 0.2) is 36.4 Å². The van der Waals surface area contributed by atoms with Gasteiger partial charge in [-0.1, -0.05) is 17.7 Å². The first kappa shape index (κ1) is 9.84. The van der Waals surface area contributed by atoms with E-state index in [2.05, 4.69) is 4.98 Å². The van der Waals surface area contributed by atoms with E-state index in [0.717, 1.165) is 22.0 Å². The first-order chi connectivity index (χ1) is 8.16. The van der Waals surface area contributed by atoms with E-state index in [-0.39, 0.29) is 10.6 Å². The molecule has 0 radical (unpaired) electrons. The third kappa shape index (κ3) is 1.38. The molecule has 1 aromatic heterocycles. The Labute approximate surface area is 97.0 Å². The maximum atomic E-state index is 11.0. The molecule has 0 atom stereocenters. The maximum absolute atomic E-state index is 11.0. The van der Waals surface area contributed by atoms with Crippen molar-refractivity contribution in [2.24, 2.45) is 0 Å². The SMILES string of the molecule is Cc1ccc2[nH]c3cccc([N+](=O)[O-])c3c2c1. The van der Waals surface area contributed by atoms with E-state index in [4.69, 9.17) is 0 Å². The van der Waals surface area contributed by atoms with Crippen LogP contribution in [0.5, 0.6) is 0 Å². The Morgan fingerprint density at radius 3 is 2.76 bits per heavy atom. The number of aromatic nitrogens is 1. The minimum Gasteiger partial charge on any atom is -0.354 e. The van der Waals surface area contributed by atoms with Crippen molar-refractivity contribution in [3.63, 3.8) is 0 Å². The molecule has 3 aromatic rings. The predicted molar refractivity (Wildman–Crippen MR) is 67.2 cm³/mol. The molecule has 4 heteroatoms. The van der Waals surface area contributed by atoms with E-state index in [0.29, 0.717) is 5.39 Å². The standard InChI is InChI=1S/C13H10N2O2/c1-8-5-6-10-9(7-8)13-11(14-10)3-2-4-12(13)15(16)17/h2-7,14H,1H3. The van der Waals surface area contributed by atoms with Gasteiger partial charge in [0.05, 0.1) is 15.8 Å². The van der Waals surface area contributed by atoms with Gasteiger partial charge in [-0.2, -0.15) is 0 Å². The zero-order chi connectivity index (χ0) is 12.0. The first-order valence-corrected chi connectivity index (χ1v) is 5.32. The first-order valence-electron chi connectivity index (χ1n) is 5.32. The van der Waals surface area contributed by atoms with Gasteiger partial charge in [0.1, 0.15) is 0 Å². The second kappa shape index (κ2) is 3.31. The van der Waals surface area contributed by atoms with Crippen molar-refractivity contribution in [3.05, 3.63) is 52.1 Å². The summed E-state index contributed by atoms with van der Waals surface area (Å²) in [6.07, 6.45) is 0. The lowest BCUT2D eigenvalue weighted by molar-refractivity contribution is -0.383. The quantitative estimate of drug-likeness (QED) is 0.509. The molecule has 1 heterocycles. The molecule has 0 spiro atoms. The van der Waals surface area contributed by atoms with Gasteiger partial charge in [0, 0.05) is 17.0 Å². The number of benzene rings is 2. The fraction of sp³-hybridized carbons (Fsp3) is 0.0769. The Hall–Kier alpha value is -2.36. The molecule has 4 nitrogen and oxygen atoms in total. The number of nitro benzene ring substituents is 1. The van der Waals surface area contributed by atoms with Crippen LogP contribution >= 0.6 is 0 Å². The predicted octanol–water partition coefficient (Wildman–Crippen LogP) is 3.54. The average molecular weight is 226 g/mol. The van der Waals surface area contributed by atoms with Crippen molar-refractivity contribution >= 4 is 27.5 Å². The van der Waals surface area contributed by atoms with Gasteiger partial charge in [0.2, 0.25) is 0 Å². The van der Waals surface area contributed by atoms with Crippen molar-refractivity contribution < 1.29 is 4.92 Å². The van der Waals surface area contributed by atoms with Gasteiger partial charge in [0.25, 0.3) is 5.69 Å². The number of nitro groups is 1. The number of H-pyrrole nitrogens is 1. The van der Waals surface area contributed by atoms with Gasteiger partial charge in [-0.3, -0.25) is 10.1 Å². The van der Waals surface area contributed by atoms with Gasteiger partial charge in [-0.15, -0.1) is 0 Å². The Kier molecular flexibility index (Phi) is 1.92. The minimum absolute atomic E-state index is 0.152. The second-order valence-corrected chi connectivity index (χ2v) is 4.13. The summed E-state index contributed by atoms with van der Waals surface area (Å²) in [6, 6.07) is 11.0. The fourth-order valence-corrected chi connectivity index (χ4v) is 2.20. The van der Waals surface area contributed by atoms with E-state index >= 15 is 0 Å². The highest BCUT2D eigenvalue weighted by Crippen LogP contribution is 2.33. The highest BCUT2D eigenvalue weighted by Gasteiger charge is 2.15. The van der Waals surface area contributed by atoms with Crippen molar-refractivity contribution in [2.45, 2.75) is 6.92 Å². The van der Waals surface area contributed by atoms with E-state index < -0.39 is 0 Å². The zero-order valence-corrected chi connectivity index (χ0v) is 9.23. The van der Waals surface area contributed by atoms with Crippen molar-refractivity contribution in [1.82, 2.24) is 4.98 Å². The van der Waals surface area contributed by atoms with Crippen LogP contribution in [-0.4, -0.2) is 9.91 Å². The molecule has 2 aromatic carbocycles. The largest absolute Gasteiger partial charge is 0.354 e. The topological polar surface area (TPSA) is 58.9 Å². The Balaban J connectivity index is 2.56. The lowest BCUT2D eigenvalue weighted by atomic mass is 10.1. The molecule has 0 bridgehead atoms. The molecular formula is C13H10N2O2. The third-order valence-corrected chi connectivity index (χ3v) is 2.95. The summed E-state index contributed by atoms with van der Waals surface area (Å²) in [5.74, 6) is 0. The number of nitrogens with zero attached hydrogens (tertiary/aromatic N) is 1. The lowest BCUT2D eigenvalue weighted by Crippen LogP contribution is -1.87. The van der Waals surface area contributed by atoms with Crippen LogP contribution in [0, 0.1) is 17.0 Å². The summed E-state index contributed by atoms with van der Waals surface area (Å²) in [6.45, 7) is 1.98. The normalized spacial score (nSPS) is 11.1. The highest BCUT2D eigenvalue weighted by atomic mass is 16.6. The van der Waals surface area contributed by atoms with Gasteiger partial charge in [0.15, 0.2) is 0 Å². The molecule has 1 N–H and O–H groups in total. The van der Waals surface area contributed by atoms with Crippen LogP contribution in [0.25, 0.3) is 21.8 Å².